The monoisotopic (exact) mass is 491 g/mol. The molecule has 174 valence electrons. The van der Waals surface area contributed by atoms with Crippen molar-refractivity contribution in [2.24, 2.45) is 0 Å². The Morgan fingerprint density at radius 3 is 2.67 bits per heavy atom. The second-order valence-electron chi connectivity index (χ2n) is 8.07. The molecule has 0 aliphatic carbocycles. The Morgan fingerprint density at radius 1 is 1.24 bits per heavy atom. The number of nitrogens with zero attached hydrogens (tertiary/aromatic N) is 4. The molecule has 0 saturated carbocycles. The Kier molecular flexibility index (Phi) is 6.76. The number of pyridine rings is 1. The summed E-state index contributed by atoms with van der Waals surface area (Å²) in [6.07, 6.45) is 6.40. The van der Waals surface area contributed by atoms with Crippen molar-refractivity contribution in [2.75, 3.05) is 18.8 Å². The molecule has 10 heteroatoms. The van der Waals surface area contributed by atoms with Crippen LogP contribution >= 0.6 is 23.2 Å². The van der Waals surface area contributed by atoms with Gasteiger partial charge in [-0.25, -0.2) is 9.37 Å². The van der Waals surface area contributed by atoms with E-state index in [0.717, 1.165) is 37.1 Å². The van der Waals surface area contributed by atoms with Crippen molar-refractivity contribution in [3.8, 4) is 16.9 Å². The molecular weight excluding hydrogens is 468 g/mol. The minimum Gasteiger partial charge on any atom is -0.482 e. The zero-order valence-electron chi connectivity index (χ0n) is 18.3. The molecule has 0 bridgehead atoms. The van der Waals surface area contributed by atoms with Gasteiger partial charge in [0.25, 0.3) is 0 Å². The molecule has 1 saturated heterocycles. The van der Waals surface area contributed by atoms with Gasteiger partial charge in [0.2, 0.25) is 5.91 Å². The number of anilines is 1. The van der Waals surface area contributed by atoms with E-state index in [1.807, 2.05) is 15.8 Å². The molecule has 1 aliphatic rings. The van der Waals surface area contributed by atoms with Crippen molar-refractivity contribution in [1.82, 2.24) is 19.7 Å². The van der Waals surface area contributed by atoms with Gasteiger partial charge in [0.15, 0.2) is 11.6 Å². The maximum atomic E-state index is 13.9. The Labute approximate surface area is 201 Å². The van der Waals surface area contributed by atoms with Gasteiger partial charge in [0.05, 0.1) is 17.3 Å². The quantitative estimate of drug-likeness (QED) is 0.489. The highest BCUT2D eigenvalue weighted by atomic mass is 35.5. The molecule has 33 heavy (non-hydrogen) atoms. The standard InChI is InChI=1S/C23H24Cl2FN5O2/c1-13(21-18(24)3-4-19(26)22(21)25)33-20-9-15(10-28-23(20)27)16-11-29-31(12-16)17-5-7-30(8-6-17)14(2)32/h3-4,9-13,17H,5-8H2,1-2H3,(H2,27,28)/t13-/m1/s1. The van der Waals surface area contributed by atoms with Crippen LogP contribution in [0.3, 0.4) is 0 Å². The minimum atomic E-state index is -0.658. The van der Waals surface area contributed by atoms with E-state index in [2.05, 4.69) is 10.1 Å². The third kappa shape index (κ3) is 4.91. The van der Waals surface area contributed by atoms with Gasteiger partial charge in [-0.2, -0.15) is 5.10 Å². The zero-order valence-corrected chi connectivity index (χ0v) is 19.8. The third-order valence-corrected chi connectivity index (χ3v) is 6.60. The van der Waals surface area contributed by atoms with Crippen LogP contribution in [0.15, 0.2) is 36.8 Å². The summed E-state index contributed by atoms with van der Waals surface area (Å²) < 4.78 is 21.8. The molecule has 2 N–H and O–H groups in total. The molecule has 1 aliphatic heterocycles. The summed E-state index contributed by atoms with van der Waals surface area (Å²) >= 11 is 12.3. The smallest absolute Gasteiger partial charge is 0.219 e. The van der Waals surface area contributed by atoms with Gasteiger partial charge in [-0.15, -0.1) is 0 Å². The van der Waals surface area contributed by atoms with Crippen LogP contribution in [0.5, 0.6) is 5.75 Å². The number of carbonyl (C=O) groups excluding carboxylic acids is 1. The molecule has 1 atom stereocenters. The molecule has 4 rings (SSSR count). The van der Waals surface area contributed by atoms with Crippen LogP contribution in [0, 0.1) is 5.82 Å². The van der Waals surface area contributed by atoms with Gasteiger partial charge >= 0.3 is 0 Å². The van der Waals surface area contributed by atoms with E-state index in [9.17, 15) is 9.18 Å². The van der Waals surface area contributed by atoms with Gasteiger partial charge in [-0.05, 0) is 38.0 Å². The van der Waals surface area contributed by atoms with Gasteiger partial charge < -0.3 is 15.4 Å². The highest BCUT2D eigenvalue weighted by Gasteiger charge is 2.23. The highest BCUT2D eigenvalue weighted by molar-refractivity contribution is 6.36. The van der Waals surface area contributed by atoms with Crippen LogP contribution in [0.25, 0.3) is 11.1 Å². The largest absolute Gasteiger partial charge is 0.482 e. The Balaban J connectivity index is 1.53. The zero-order chi connectivity index (χ0) is 23.7. The fourth-order valence-corrected chi connectivity index (χ4v) is 4.68. The SMILES string of the molecule is CC(=O)N1CCC(n2cc(-c3cnc(N)c(O[C@H](C)c4c(Cl)ccc(F)c4Cl)c3)cn2)CC1. The lowest BCUT2D eigenvalue weighted by molar-refractivity contribution is -0.130. The summed E-state index contributed by atoms with van der Waals surface area (Å²) in [6, 6.07) is 4.63. The number of likely N-dealkylation sites (tertiary alicyclic amines) is 1. The van der Waals surface area contributed by atoms with Gasteiger partial charge in [0.1, 0.15) is 11.9 Å². The summed E-state index contributed by atoms with van der Waals surface area (Å²) in [5.41, 5.74) is 8.00. The molecule has 3 aromatic rings. The number of nitrogens with two attached hydrogens (primary N) is 1. The number of carbonyl (C=O) groups is 1. The number of benzene rings is 1. The van der Waals surface area contributed by atoms with Crippen LogP contribution < -0.4 is 10.5 Å². The van der Waals surface area contributed by atoms with E-state index in [0.29, 0.717) is 16.3 Å². The van der Waals surface area contributed by atoms with Crippen LogP contribution in [0.4, 0.5) is 10.2 Å². The van der Waals surface area contributed by atoms with Crippen molar-refractivity contribution in [1.29, 1.82) is 0 Å². The summed E-state index contributed by atoms with van der Waals surface area (Å²) in [6.45, 7) is 4.75. The lowest BCUT2D eigenvalue weighted by Gasteiger charge is -2.31. The fraction of sp³-hybridized carbons (Fsp3) is 0.348. The molecular formula is C23H24Cl2FN5O2. The number of piperidine rings is 1. The molecule has 1 amide bonds. The number of rotatable bonds is 5. The highest BCUT2D eigenvalue weighted by Crippen LogP contribution is 2.37. The topological polar surface area (TPSA) is 86.3 Å². The fourth-order valence-electron chi connectivity index (χ4n) is 4.00. The van der Waals surface area contributed by atoms with Gasteiger partial charge in [-0.1, -0.05) is 23.2 Å². The van der Waals surface area contributed by atoms with E-state index >= 15 is 0 Å². The average molecular weight is 492 g/mol. The molecule has 0 spiro atoms. The van der Waals surface area contributed by atoms with Gasteiger partial charge in [-0.3, -0.25) is 9.48 Å². The maximum absolute atomic E-state index is 13.9. The summed E-state index contributed by atoms with van der Waals surface area (Å²) in [5, 5.41) is 4.73. The Morgan fingerprint density at radius 2 is 1.97 bits per heavy atom. The van der Waals surface area contributed by atoms with Crippen LogP contribution in [-0.4, -0.2) is 38.7 Å². The maximum Gasteiger partial charge on any atom is 0.219 e. The van der Waals surface area contributed by atoms with Crippen molar-refractivity contribution < 1.29 is 13.9 Å². The minimum absolute atomic E-state index is 0.0882. The molecule has 3 heterocycles. The van der Waals surface area contributed by atoms with Crippen LogP contribution in [-0.2, 0) is 4.79 Å². The first kappa shape index (κ1) is 23.3. The summed E-state index contributed by atoms with van der Waals surface area (Å²) in [4.78, 5) is 17.7. The number of halogens is 3. The number of nitrogen functional groups attached to an aromatic ring is 1. The first-order valence-electron chi connectivity index (χ1n) is 10.6. The first-order valence-corrected chi connectivity index (χ1v) is 11.4. The number of hydrogen-bond donors (Lipinski definition) is 1. The molecule has 2 aromatic heterocycles. The molecule has 0 unspecified atom stereocenters. The predicted octanol–water partition coefficient (Wildman–Crippen LogP) is 5.30. The average Bonchev–Trinajstić information content (AvgIpc) is 3.28. The second kappa shape index (κ2) is 9.57. The van der Waals surface area contributed by atoms with Crippen LogP contribution in [0.2, 0.25) is 10.0 Å². The predicted molar refractivity (Wildman–Crippen MR) is 126 cm³/mol. The second-order valence-corrected chi connectivity index (χ2v) is 8.86. The number of amides is 1. The normalized spacial score (nSPS) is 15.5. The van der Waals surface area contributed by atoms with Crippen molar-refractivity contribution >= 4 is 34.9 Å². The first-order chi connectivity index (χ1) is 15.7. The summed E-state index contributed by atoms with van der Waals surface area (Å²) in [5.74, 6) is 0.0511. The number of hydrogen-bond acceptors (Lipinski definition) is 5. The molecule has 7 nitrogen and oxygen atoms in total. The van der Waals surface area contributed by atoms with Gasteiger partial charge in [0, 0.05) is 54.1 Å². The van der Waals surface area contributed by atoms with E-state index in [4.69, 9.17) is 33.7 Å². The molecule has 1 aromatic carbocycles. The van der Waals surface area contributed by atoms with Crippen LogP contribution in [0.1, 0.15) is 44.4 Å². The van der Waals surface area contributed by atoms with Crippen molar-refractivity contribution in [3.63, 3.8) is 0 Å². The lowest BCUT2D eigenvalue weighted by atomic mass is 10.1. The molecule has 0 radical (unpaired) electrons. The summed E-state index contributed by atoms with van der Waals surface area (Å²) in [7, 11) is 0. The van der Waals surface area contributed by atoms with Crippen molar-refractivity contribution in [2.45, 2.75) is 38.8 Å². The molecule has 1 fully saturated rings. The van der Waals surface area contributed by atoms with E-state index in [-0.39, 0.29) is 22.8 Å². The number of aromatic nitrogens is 3. The van der Waals surface area contributed by atoms with Crippen molar-refractivity contribution in [3.05, 3.63) is 58.2 Å². The van der Waals surface area contributed by atoms with E-state index in [1.165, 1.54) is 12.1 Å². The Hall–Kier alpha value is -2.84. The lowest BCUT2D eigenvalue weighted by Crippen LogP contribution is -2.37. The Bertz CT molecular complexity index is 1180. The number of ether oxygens (including phenoxy) is 1. The van der Waals surface area contributed by atoms with E-state index in [1.54, 1.807) is 32.3 Å². The third-order valence-electron chi connectivity index (χ3n) is 5.89. The van der Waals surface area contributed by atoms with E-state index < -0.39 is 11.9 Å².